The van der Waals surface area contributed by atoms with Crippen LogP contribution in [0.5, 0.6) is 0 Å². The number of halogens is 3. The lowest BCUT2D eigenvalue weighted by molar-refractivity contribution is 0.609. The summed E-state index contributed by atoms with van der Waals surface area (Å²) in [5.41, 5.74) is 0.454. The first-order chi connectivity index (χ1) is 6.90. The van der Waals surface area contributed by atoms with Crippen LogP contribution in [-0.4, -0.2) is 8.42 Å². The van der Waals surface area contributed by atoms with Crippen molar-refractivity contribution in [3.05, 3.63) is 28.3 Å². The molecule has 7 heteroatoms. The van der Waals surface area contributed by atoms with E-state index in [1.807, 2.05) is 6.07 Å². The minimum absolute atomic E-state index is 0.0868. The Hall–Kier alpha value is -0.470. The van der Waals surface area contributed by atoms with Crippen molar-refractivity contribution in [2.24, 2.45) is 0 Å². The molecule has 1 rings (SSSR count). The van der Waals surface area contributed by atoms with Crippen molar-refractivity contribution in [1.29, 1.82) is 5.26 Å². The van der Waals surface area contributed by atoms with Gasteiger partial charge in [0.15, 0.2) is 0 Å². The Kier molecular flexibility index (Phi) is 3.85. The Bertz CT molecular complexity index is 534. The zero-order valence-electron chi connectivity index (χ0n) is 7.17. The molecule has 80 valence electrons. The molecular weight excluding hydrogens is 281 g/mol. The van der Waals surface area contributed by atoms with Gasteiger partial charge in [-0.1, -0.05) is 11.6 Å². The van der Waals surface area contributed by atoms with Gasteiger partial charge in [-0.2, -0.15) is 5.26 Å². The molecule has 0 bridgehead atoms. The third-order valence-electron chi connectivity index (χ3n) is 1.64. The molecule has 0 saturated carbocycles. The molecule has 0 saturated heterocycles. The molecule has 3 nitrogen and oxygen atoms in total. The van der Waals surface area contributed by atoms with E-state index in [2.05, 4.69) is 0 Å². The molecule has 0 aliphatic rings. The van der Waals surface area contributed by atoms with Crippen LogP contribution < -0.4 is 0 Å². The highest BCUT2D eigenvalue weighted by Crippen LogP contribution is 2.30. The van der Waals surface area contributed by atoms with Crippen molar-refractivity contribution in [2.45, 2.75) is 10.8 Å². The summed E-state index contributed by atoms with van der Waals surface area (Å²) in [6, 6.07) is 4.41. The zero-order chi connectivity index (χ0) is 11.6. The number of hydrogen-bond acceptors (Lipinski definition) is 3. The zero-order valence-corrected chi connectivity index (χ0v) is 10.3. The lowest BCUT2D eigenvalue weighted by atomic mass is 10.1. The van der Waals surface area contributed by atoms with Crippen LogP contribution in [0.1, 0.15) is 11.1 Å². The normalized spacial score (nSPS) is 11.1. The van der Waals surface area contributed by atoms with E-state index in [4.69, 9.17) is 39.1 Å². The standard InChI is InChI=1S/C8H4Cl3NO2S/c9-3-6-1-5(4-12)2-7(10)8(6)15(11,13)14/h1-2H,3H2. The quantitative estimate of drug-likeness (QED) is 0.620. The molecule has 0 spiro atoms. The van der Waals surface area contributed by atoms with Gasteiger partial charge in [0.1, 0.15) is 4.90 Å². The predicted molar refractivity (Wildman–Crippen MR) is 58.8 cm³/mol. The number of benzene rings is 1. The van der Waals surface area contributed by atoms with Gasteiger partial charge in [-0.25, -0.2) is 8.42 Å². The monoisotopic (exact) mass is 283 g/mol. The molecule has 0 atom stereocenters. The van der Waals surface area contributed by atoms with E-state index >= 15 is 0 Å². The van der Waals surface area contributed by atoms with Gasteiger partial charge in [0.25, 0.3) is 9.05 Å². The molecule has 0 fully saturated rings. The molecule has 0 unspecified atom stereocenters. The summed E-state index contributed by atoms with van der Waals surface area (Å²) < 4.78 is 22.3. The van der Waals surface area contributed by atoms with Crippen LogP contribution in [0.15, 0.2) is 17.0 Å². The SMILES string of the molecule is N#Cc1cc(Cl)c(S(=O)(=O)Cl)c(CCl)c1. The number of nitrogens with zero attached hydrogens (tertiary/aromatic N) is 1. The summed E-state index contributed by atoms with van der Waals surface area (Å²) in [5.74, 6) is -0.0868. The number of alkyl halides is 1. The van der Waals surface area contributed by atoms with Crippen LogP contribution in [-0.2, 0) is 14.9 Å². The Morgan fingerprint density at radius 3 is 2.40 bits per heavy atom. The Balaban J connectivity index is 3.61. The molecule has 1 aromatic rings. The predicted octanol–water partition coefficient (Wildman–Crippen LogP) is 2.88. The average molecular weight is 285 g/mol. The molecule has 0 amide bonds. The Morgan fingerprint density at radius 2 is 2.00 bits per heavy atom. The van der Waals surface area contributed by atoms with Crippen molar-refractivity contribution < 1.29 is 8.42 Å². The minimum Gasteiger partial charge on any atom is -0.207 e. The molecule has 0 radical (unpaired) electrons. The summed E-state index contributed by atoms with van der Waals surface area (Å²) >= 11 is 11.3. The van der Waals surface area contributed by atoms with Crippen LogP contribution in [0.4, 0.5) is 0 Å². The van der Waals surface area contributed by atoms with Crippen LogP contribution in [0.3, 0.4) is 0 Å². The summed E-state index contributed by atoms with van der Waals surface area (Å²) in [5, 5.41) is 8.54. The minimum atomic E-state index is -3.95. The molecule has 0 aliphatic carbocycles. The second-order valence-electron chi connectivity index (χ2n) is 2.63. The first-order valence-corrected chi connectivity index (χ1v) is 6.85. The number of nitriles is 1. The van der Waals surface area contributed by atoms with Gasteiger partial charge in [-0.15, -0.1) is 11.6 Å². The van der Waals surface area contributed by atoms with E-state index in [1.54, 1.807) is 0 Å². The van der Waals surface area contributed by atoms with E-state index in [1.165, 1.54) is 12.1 Å². The molecule has 0 heterocycles. The third kappa shape index (κ3) is 2.76. The Labute approximate surface area is 102 Å². The average Bonchev–Trinajstić information content (AvgIpc) is 2.14. The van der Waals surface area contributed by atoms with Crippen molar-refractivity contribution in [3.63, 3.8) is 0 Å². The van der Waals surface area contributed by atoms with Gasteiger partial charge >= 0.3 is 0 Å². The van der Waals surface area contributed by atoms with Gasteiger partial charge in [0, 0.05) is 16.6 Å². The van der Waals surface area contributed by atoms with Gasteiger partial charge in [-0.3, -0.25) is 0 Å². The van der Waals surface area contributed by atoms with Crippen LogP contribution in [0.25, 0.3) is 0 Å². The number of rotatable bonds is 2. The van der Waals surface area contributed by atoms with Crippen molar-refractivity contribution in [2.75, 3.05) is 0 Å². The first kappa shape index (κ1) is 12.6. The smallest absolute Gasteiger partial charge is 0.207 e. The Morgan fingerprint density at radius 1 is 1.40 bits per heavy atom. The van der Waals surface area contributed by atoms with Gasteiger partial charge in [-0.05, 0) is 17.7 Å². The van der Waals surface area contributed by atoms with Gasteiger partial charge in [0.2, 0.25) is 0 Å². The summed E-state index contributed by atoms with van der Waals surface area (Å²) in [6.07, 6.45) is 0. The second kappa shape index (κ2) is 4.58. The summed E-state index contributed by atoms with van der Waals surface area (Å²) in [4.78, 5) is -0.236. The van der Waals surface area contributed by atoms with Crippen molar-refractivity contribution >= 4 is 42.9 Å². The maximum atomic E-state index is 11.2. The highest BCUT2D eigenvalue weighted by molar-refractivity contribution is 8.13. The molecule has 0 aliphatic heterocycles. The molecule has 0 aromatic heterocycles. The molecular formula is C8H4Cl3NO2S. The summed E-state index contributed by atoms with van der Waals surface area (Å²) in [7, 11) is 1.23. The van der Waals surface area contributed by atoms with E-state index in [0.717, 1.165) is 0 Å². The second-order valence-corrected chi connectivity index (χ2v) is 5.81. The van der Waals surface area contributed by atoms with Crippen LogP contribution in [0.2, 0.25) is 5.02 Å². The maximum Gasteiger partial charge on any atom is 0.263 e. The van der Waals surface area contributed by atoms with Crippen LogP contribution in [0, 0.1) is 11.3 Å². The third-order valence-corrected chi connectivity index (χ3v) is 3.77. The fourth-order valence-corrected chi connectivity index (χ4v) is 3.32. The highest BCUT2D eigenvalue weighted by atomic mass is 35.7. The maximum absolute atomic E-state index is 11.2. The molecule has 1 aromatic carbocycles. The van der Waals surface area contributed by atoms with E-state index in [0.29, 0.717) is 0 Å². The van der Waals surface area contributed by atoms with Crippen molar-refractivity contribution in [1.82, 2.24) is 0 Å². The number of hydrogen-bond donors (Lipinski definition) is 0. The first-order valence-electron chi connectivity index (χ1n) is 3.63. The van der Waals surface area contributed by atoms with Gasteiger partial charge in [0.05, 0.1) is 16.7 Å². The molecule has 0 N–H and O–H groups in total. The van der Waals surface area contributed by atoms with Gasteiger partial charge < -0.3 is 0 Å². The highest BCUT2D eigenvalue weighted by Gasteiger charge is 2.20. The van der Waals surface area contributed by atoms with E-state index < -0.39 is 9.05 Å². The van der Waals surface area contributed by atoms with E-state index in [-0.39, 0.29) is 26.9 Å². The van der Waals surface area contributed by atoms with Crippen molar-refractivity contribution in [3.8, 4) is 6.07 Å². The largest absolute Gasteiger partial charge is 0.263 e. The van der Waals surface area contributed by atoms with E-state index in [9.17, 15) is 8.42 Å². The lowest BCUT2D eigenvalue weighted by Gasteiger charge is -2.06. The summed E-state index contributed by atoms with van der Waals surface area (Å²) in [6.45, 7) is 0. The fourth-order valence-electron chi connectivity index (χ4n) is 1.09. The molecule has 15 heavy (non-hydrogen) atoms. The fraction of sp³-hybridized carbons (Fsp3) is 0.125. The lowest BCUT2D eigenvalue weighted by Crippen LogP contribution is -1.98. The van der Waals surface area contributed by atoms with Crippen LogP contribution >= 0.6 is 33.9 Å². The topological polar surface area (TPSA) is 57.9 Å².